The molecule has 1 aliphatic heterocycles. The lowest BCUT2D eigenvalue weighted by atomic mass is 10.1. The molecule has 0 bridgehead atoms. The lowest BCUT2D eigenvalue weighted by Crippen LogP contribution is -2.30. The molecule has 0 aromatic rings. The van der Waals surface area contributed by atoms with E-state index < -0.39 is 0 Å². The third-order valence-electron chi connectivity index (χ3n) is 1.06. The fourth-order valence-corrected chi connectivity index (χ4v) is 0.540. The average Bonchev–Trinajstić information content (AvgIpc) is 1.84. The second-order valence-corrected chi connectivity index (χ2v) is 2.51. The van der Waals surface area contributed by atoms with Crippen LogP contribution in [0, 0.1) is 0 Å². The fraction of sp³-hybridized carbons (Fsp3) is 0.800. The van der Waals surface area contributed by atoms with Gasteiger partial charge in [0.1, 0.15) is 0 Å². The first kappa shape index (κ1) is 4.62. The third-order valence-corrected chi connectivity index (χ3v) is 1.06. The molecule has 1 rings (SSSR count). The molecular weight excluding hydrogens is 88.1 g/mol. The van der Waals surface area contributed by atoms with Crippen molar-refractivity contribution in [1.82, 2.24) is 5.43 Å². The Morgan fingerprint density at radius 2 is 2.43 bits per heavy atom. The van der Waals surface area contributed by atoms with Crippen molar-refractivity contribution in [3.63, 3.8) is 0 Å². The first-order chi connectivity index (χ1) is 3.21. The van der Waals surface area contributed by atoms with E-state index in [-0.39, 0.29) is 5.54 Å². The lowest BCUT2D eigenvalue weighted by molar-refractivity contribution is 0.447. The summed E-state index contributed by atoms with van der Waals surface area (Å²) >= 11 is 0. The van der Waals surface area contributed by atoms with Crippen LogP contribution in [-0.2, 0) is 0 Å². The van der Waals surface area contributed by atoms with E-state index in [0.29, 0.717) is 0 Å². The van der Waals surface area contributed by atoms with Gasteiger partial charge in [-0.1, -0.05) is 0 Å². The Hall–Kier alpha value is -0.530. The average molecular weight is 98.1 g/mol. The highest BCUT2D eigenvalue weighted by molar-refractivity contribution is 5.60. The van der Waals surface area contributed by atoms with Crippen LogP contribution in [0.5, 0.6) is 0 Å². The molecule has 2 nitrogen and oxygen atoms in total. The summed E-state index contributed by atoms with van der Waals surface area (Å²) in [5, 5.41) is 3.86. The maximum atomic E-state index is 3.86. The molecule has 7 heavy (non-hydrogen) atoms. The molecule has 0 unspecified atom stereocenters. The van der Waals surface area contributed by atoms with Gasteiger partial charge in [0.05, 0.1) is 5.54 Å². The van der Waals surface area contributed by atoms with Crippen molar-refractivity contribution in [2.45, 2.75) is 25.8 Å². The summed E-state index contributed by atoms with van der Waals surface area (Å²) in [7, 11) is 0. The molecule has 0 spiro atoms. The van der Waals surface area contributed by atoms with Gasteiger partial charge in [0, 0.05) is 12.6 Å². The summed E-state index contributed by atoms with van der Waals surface area (Å²) in [6.07, 6.45) is 2.95. The van der Waals surface area contributed by atoms with Crippen LogP contribution in [0.3, 0.4) is 0 Å². The van der Waals surface area contributed by atoms with Crippen LogP contribution >= 0.6 is 0 Å². The topological polar surface area (TPSA) is 24.4 Å². The molecule has 0 saturated heterocycles. The Balaban J connectivity index is 2.49. The number of nitrogens with zero attached hydrogens (tertiary/aromatic N) is 1. The fourth-order valence-electron chi connectivity index (χ4n) is 0.540. The molecule has 0 aliphatic carbocycles. The van der Waals surface area contributed by atoms with Crippen LogP contribution in [0.2, 0.25) is 0 Å². The molecule has 0 radical (unpaired) electrons. The van der Waals surface area contributed by atoms with Gasteiger partial charge in [-0.2, -0.15) is 5.10 Å². The van der Waals surface area contributed by atoms with Gasteiger partial charge in [0.15, 0.2) is 0 Å². The molecular formula is C5H10N2. The number of hydrogen-bond donors (Lipinski definition) is 1. The van der Waals surface area contributed by atoms with Crippen LogP contribution in [0.4, 0.5) is 0 Å². The van der Waals surface area contributed by atoms with E-state index in [0.717, 1.165) is 6.42 Å². The van der Waals surface area contributed by atoms with Crippen LogP contribution in [0.15, 0.2) is 5.10 Å². The molecule has 40 valence electrons. The summed E-state index contributed by atoms with van der Waals surface area (Å²) < 4.78 is 0. The third kappa shape index (κ3) is 0.918. The van der Waals surface area contributed by atoms with Crippen LogP contribution in [-0.4, -0.2) is 11.8 Å². The monoisotopic (exact) mass is 98.1 g/mol. The van der Waals surface area contributed by atoms with Crippen molar-refractivity contribution in [3.05, 3.63) is 0 Å². The maximum Gasteiger partial charge on any atom is 0.0542 e. The summed E-state index contributed by atoms with van der Waals surface area (Å²) in [5.74, 6) is 0. The van der Waals surface area contributed by atoms with Crippen molar-refractivity contribution >= 4 is 6.21 Å². The Morgan fingerprint density at radius 1 is 1.71 bits per heavy atom. The molecule has 2 heteroatoms. The van der Waals surface area contributed by atoms with Crippen molar-refractivity contribution in [2.75, 3.05) is 0 Å². The quantitative estimate of drug-likeness (QED) is 0.475. The van der Waals surface area contributed by atoms with Gasteiger partial charge in [0.25, 0.3) is 0 Å². The van der Waals surface area contributed by atoms with Gasteiger partial charge < -0.3 is 5.43 Å². The van der Waals surface area contributed by atoms with Crippen LogP contribution in [0.1, 0.15) is 20.3 Å². The van der Waals surface area contributed by atoms with Crippen molar-refractivity contribution in [3.8, 4) is 0 Å². The molecule has 0 atom stereocenters. The maximum absolute atomic E-state index is 3.86. The Bertz CT molecular complexity index is 84.3. The first-order valence-corrected chi connectivity index (χ1v) is 2.49. The van der Waals surface area contributed by atoms with Crippen LogP contribution in [0.25, 0.3) is 0 Å². The predicted octanol–water partition coefficient (Wildman–Crippen LogP) is 0.744. The molecule has 1 aliphatic rings. The number of rotatable bonds is 0. The van der Waals surface area contributed by atoms with E-state index in [1.807, 2.05) is 6.21 Å². The Morgan fingerprint density at radius 3 is 2.57 bits per heavy atom. The molecule has 0 amide bonds. The zero-order chi connectivity index (χ0) is 5.33. The minimum Gasteiger partial charge on any atom is -0.304 e. The summed E-state index contributed by atoms with van der Waals surface area (Å²) in [6.45, 7) is 4.25. The zero-order valence-electron chi connectivity index (χ0n) is 4.73. The highest BCUT2D eigenvalue weighted by Gasteiger charge is 2.17. The predicted molar refractivity (Wildman–Crippen MR) is 30.3 cm³/mol. The number of hydrogen-bond acceptors (Lipinski definition) is 2. The first-order valence-electron chi connectivity index (χ1n) is 2.49. The van der Waals surface area contributed by atoms with E-state index in [4.69, 9.17) is 0 Å². The molecule has 0 aromatic heterocycles. The van der Waals surface area contributed by atoms with E-state index >= 15 is 0 Å². The summed E-state index contributed by atoms with van der Waals surface area (Å²) in [5.41, 5.74) is 3.19. The van der Waals surface area contributed by atoms with Crippen molar-refractivity contribution < 1.29 is 0 Å². The molecule has 0 fully saturated rings. The smallest absolute Gasteiger partial charge is 0.0542 e. The van der Waals surface area contributed by atoms with Crippen molar-refractivity contribution in [2.24, 2.45) is 5.10 Å². The minimum atomic E-state index is 0.222. The Kier molecular flexibility index (Phi) is 0.805. The van der Waals surface area contributed by atoms with Crippen LogP contribution < -0.4 is 5.43 Å². The largest absolute Gasteiger partial charge is 0.304 e. The standard InChI is InChI=1S/C5H10N2/c1-5(2)3-4-6-7-5/h4,7H,3H2,1-2H3. The minimum absolute atomic E-state index is 0.222. The lowest BCUT2D eigenvalue weighted by Gasteiger charge is -2.14. The zero-order valence-corrected chi connectivity index (χ0v) is 4.73. The molecule has 1 heterocycles. The van der Waals surface area contributed by atoms with E-state index in [9.17, 15) is 0 Å². The van der Waals surface area contributed by atoms with Gasteiger partial charge in [-0.3, -0.25) is 0 Å². The summed E-state index contributed by atoms with van der Waals surface area (Å²) in [6, 6.07) is 0. The molecule has 1 N–H and O–H groups in total. The van der Waals surface area contributed by atoms with Gasteiger partial charge in [-0.25, -0.2) is 0 Å². The van der Waals surface area contributed by atoms with Gasteiger partial charge >= 0.3 is 0 Å². The van der Waals surface area contributed by atoms with E-state index in [1.54, 1.807) is 0 Å². The SMILES string of the molecule is CC1(C)CC=NN1. The van der Waals surface area contributed by atoms with E-state index in [2.05, 4.69) is 24.4 Å². The second kappa shape index (κ2) is 1.22. The summed E-state index contributed by atoms with van der Waals surface area (Å²) in [4.78, 5) is 0. The molecule has 0 aromatic carbocycles. The number of nitrogens with one attached hydrogen (secondary N) is 1. The van der Waals surface area contributed by atoms with Gasteiger partial charge in [0.2, 0.25) is 0 Å². The number of hydrazone groups is 1. The van der Waals surface area contributed by atoms with Gasteiger partial charge in [-0.15, -0.1) is 0 Å². The second-order valence-electron chi connectivity index (χ2n) is 2.51. The van der Waals surface area contributed by atoms with E-state index in [1.165, 1.54) is 0 Å². The highest BCUT2D eigenvalue weighted by Crippen LogP contribution is 2.09. The highest BCUT2D eigenvalue weighted by atomic mass is 15.3. The Labute approximate surface area is 43.6 Å². The molecule has 0 saturated carbocycles. The van der Waals surface area contributed by atoms with Crippen molar-refractivity contribution in [1.29, 1.82) is 0 Å². The normalized spacial score (nSPS) is 24.9. The van der Waals surface area contributed by atoms with Gasteiger partial charge in [-0.05, 0) is 13.8 Å².